The molecule has 2 heteroatoms. The number of likely N-dealkylation sites (tertiary alicyclic amines) is 1. The average molecular weight is 196 g/mol. The lowest BCUT2D eigenvalue weighted by atomic mass is 9.89. The molecule has 0 radical (unpaired) electrons. The molecule has 0 aromatic rings. The molecular weight excluding hydrogens is 172 g/mol. The molecule has 0 aromatic heterocycles. The summed E-state index contributed by atoms with van der Waals surface area (Å²) in [5, 5.41) is 0. The minimum atomic E-state index is 0.454. The number of nitrogens with two attached hydrogens (primary N) is 1. The van der Waals surface area contributed by atoms with Gasteiger partial charge in [-0.05, 0) is 31.7 Å². The first-order valence-corrected chi connectivity index (χ1v) is 6.27. The van der Waals surface area contributed by atoms with Gasteiger partial charge in [0.15, 0.2) is 0 Å². The van der Waals surface area contributed by atoms with Crippen molar-refractivity contribution in [3.8, 4) is 0 Å². The van der Waals surface area contributed by atoms with E-state index in [4.69, 9.17) is 5.73 Å². The summed E-state index contributed by atoms with van der Waals surface area (Å²) in [6, 6.07) is 1.34. The molecule has 0 spiro atoms. The topological polar surface area (TPSA) is 29.3 Å². The molecule has 0 aromatic carbocycles. The first-order valence-electron chi connectivity index (χ1n) is 6.27. The summed E-state index contributed by atoms with van der Waals surface area (Å²) in [6.07, 6.45) is 8.42. The zero-order valence-electron chi connectivity index (χ0n) is 9.41. The highest BCUT2D eigenvalue weighted by Gasteiger charge is 2.28. The van der Waals surface area contributed by atoms with E-state index < -0.39 is 0 Å². The molecule has 2 fully saturated rings. The third-order valence-corrected chi connectivity index (χ3v) is 4.09. The van der Waals surface area contributed by atoms with Crippen molar-refractivity contribution < 1.29 is 0 Å². The van der Waals surface area contributed by atoms with Gasteiger partial charge in [-0.1, -0.05) is 26.2 Å². The summed E-state index contributed by atoms with van der Waals surface area (Å²) in [5.74, 6) is 0.700. The van der Waals surface area contributed by atoms with E-state index >= 15 is 0 Å². The quantitative estimate of drug-likeness (QED) is 0.695. The number of hydrogen-bond donors (Lipinski definition) is 1. The van der Waals surface area contributed by atoms with Gasteiger partial charge in [0.25, 0.3) is 0 Å². The SMILES string of the molecule is CC1CN(C2CCCCC2)CCC1N. The summed E-state index contributed by atoms with van der Waals surface area (Å²) < 4.78 is 0. The monoisotopic (exact) mass is 196 g/mol. The number of rotatable bonds is 1. The van der Waals surface area contributed by atoms with Crippen molar-refractivity contribution in [2.75, 3.05) is 13.1 Å². The molecule has 2 rings (SSSR count). The van der Waals surface area contributed by atoms with Crippen molar-refractivity contribution in [1.29, 1.82) is 0 Å². The van der Waals surface area contributed by atoms with Crippen LogP contribution in [0.5, 0.6) is 0 Å². The Hall–Kier alpha value is -0.0800. The van der Waals surface area contributed by atoms with E-state index in [2.05, 4.69) is 11.8 Å². The van der Waals surface area contributed by atoms with Gasteiger partial charge < -0.3 is 10.6 Å². The zero-order chi connectivity index (χ0) is 9.97. The van der Waals surface area contributed by atoms with Crippen LogP contribution in [-0.2, 0) is 0 Å². The van der Waals surface area contributed by atoms with Gasteiger partial charge in [-0.2, -0.15) is 0 Å². The molecule has 2 N–H and O–H groups in total. The Morgan fingerprint density at radius 3 is 2.43 bits per heavy atom. The molecule has 1 saturated heterocycles. The second-order valence-electron chi connectivity index (χ2n) is 5.22. The molecule has 2 atom stereocenters. The molecule has 1 saturated carbocycles. The van der Waals surface area contributed by atoms with Gasteiger partial charge in [0.2, 0.25) is 0 Å². The van der Waals surface area contributed by atoms with Crippen LogP contribution in [0.1, 0.15) is 45.4 Å². The zero-order valence-corrected chi connectivity index (χ0v) is 9.41. The highest BCUT2D eigenvalue weighted by Crippen LogP contribution is 2.26. The Bertz CT molecular complexity index is 175. The molecule has 0 amide bonds. The summed E-state index contributed by atoms with van der Waals surface area (Å²) in [5.41, 5.74) is 6.04. The van der Waals surface area contributed by atoms with E-state index in [1.807, 2.05) is 0 Å². The van der Waals surface area contributed by atoms with Crippen molar-refractivity contribution >= 4 is 0 Å². The molecule has 2 nitrogen and oxygen atoms in total. The molecule has 2 aliphatic rings. The van der Waals surface area contributed by atoms with E-state index in [0.717, 1.165) is 6.04 Å². The smallest absolute Gasteiger partial charge is 0.00953 e. The summed E-state index contributed by atoms with van der Waals surface area (Å²) >= 11 is 0. The second-order valence-corrected chi connectivity index (χ2v) is 5.22. The van der Waals surface area contributed by atoms with Crippen LogP contribution >= 0.6 is 0 Å². The molecule has 1 aliphatic carbocycles. The summed E-state index contributed by atoms with van der Waals surface area (Å²) in [4.78, 5) is 2.70. The van der Waals surface area contributed by atoms with Crippen LogP contribution in [0.3, 0.4) is 0 Å². The average Bonchev–Trinajstić information content (AvgIpc) is 2.23. The number of nitrogens with zero attached hydrogens (tertiary/aromatic N) is 1. The van der Waals surface area contributed by atoms with E-state index in [0.29, 0.717) is 12.0 Å². The van der Waals surface area contributed by atoms with Gasteiger partial charge in [0.1, 0.15) is 0 Å². The predicted molar refractivity (Wildman–Crippen MR) is 60.2 cm³/mol. The lowest BCUT2D eigenvalue weighted by molar-refractivity contribution is 0.0932. The molecular formula is C12H24N2. The Morgan fingerprint density at radius 2 is 1.79 bits per heavy atom. The fourth-order valence-corrected chi connectivity index (χ4v) is 2.97. The Labute approximate surface area is 87.8 Å². The standard InChI is InChI=1S/C12H24N2/c1-10-9-14(8-7-12(10)13)11-5-3-2-4-6-11/h10-12H,2-9,13H2,1H3. The third kappa shape index (κ3) is 2.29. The minimum Gasteiger partial charge on any atom is -0.327 e. The normalized spacial score (nSPS) is 37.3. The maximum Gasteiger partial charge on any atom is 0.00953 e. The molecule has 1 heterocycles. The van der Waals surface area contributed by atoms with Gasteiger partial charge >= 0.3 is 0 Å². The Kier molecular flexibility index (Phi) is 3.45. The predicted octanol–water partition coefficient (Wildman–Crippen LogP) is 1.99. The molecule has 14 heavy (non-hydrogen) atoms. The van der Waals surface area contributed by atoms with Crippen molar-refractivity contribution in [3.63, 3.8) is 0 Å². The lowest BCUT2D eigenvalue weighted by Crippen LogP contribution is -2.50. The van der Waals surface area contributed by atoms with E-state index in [1.54, 1.807) is 0 Å². The van der Waals surface area contributed by atoms with Gasteiger partial charge in [0.05, 0.1) is 0 Å². The van der Waals surface area contributed by atoms with E-state index in [1.165, 1.54) is 51.6 Å². The molecule has 1 aliphatic heterocycles. The number of hydrogen-bond acceptors (Lipinski definition) is 2. The van der Waals surface area contributed by atoms with Crippen LogP contribution in [0.15, 0.2) is 0 Å². The van der Waals surface area contributed by atoms with Crippen LogP contribution in [0.2, 0.25) is 0 Å². The van der Waals surface area contributed by atoms with E-state index in [9.17, 15) is 0 Å². The Morgan fingerprint density at radius 1 is 1.07 bits per heavy atom. The molecule has 0 bridgehead atoms. The van der Waals surface area contributed by atoms with Crippen LogP contribution in [-0.4, -0.2) is 30.1 Å². The number of piperidine rings is 1. The van der Waals surface area contributed by atoms with Crippen LogP contribution in [0.4, 0.5) is 0 Å². The highest BCUT2D eigenvalue weighted by molar-refractivity contribution is 4.85. The van der Waals surface area contributed by atoms with E-state index in [-0.39, 0.29) is 0 Å². The van der Waals surface area contributed by atoms with Gasteiger partial charge in [-0.15, -0.1) is 0 Å². The maximum atomic E-state index is 6.04. The van der Waals surface area contributed by atoms with Crippen LogP contribution < -0.4 is 5.73 Å². The molecule has 82 valence electrons. The van der Waals surface area contributed by atoms with Gasteiger partial charge in [0, 0.05) is 18.6 Å². The largest absolute Gasteiger partial charge is 0.327 e. The molecule has 2 unspecified atom stereocenters. The van der Waals surface area contributed by atoms with Gasteiger partial charge in [-0.3, -0.25) is 0 Å². The third-order valence-electron chi connectivity index (χ3n) is 4.09. The van der Waals surface area contributed by atoms with Crippen molar-refractivity contribution in [1.82, 2.24) is 4.90 Å². The first-order chi connectivity index (χ1) is 6.77. The van der Waals surface area contributed by atoms with Gasteiger partial charge in [-0.25, -0.2) is 0 Å². The van der Waals surface area contributed by atoms with Crippen molar-refractivity contribution in [3.05, 3.63) is 0 Å². The summed E-state index contributed by atoms with van der Waals surface area (Å²) in [6.45, 7) is 4.79. The lowest BCUT2D eigenvalue weighted by Gasteiger charge is -2.41. The fourth-order valence-electron chi connectivity index (χ4n) is 2.97. The minimum absolute atomic E-state index is 0.454. The Balaban J connectivity index is 1.85. The highest BCUT2D eigenvalue weighted by atomic mass is 15.2. The second kappa shape index (κ2) is 4.63. The summed E-state index contributed by atoms with van der Waals surface area (Å²) in [7, 11) is 0. The maximum absolute atomic E-state index is 6.04. The first kappa shape index (κ1) is 10.4. The fraction of sp³-hybridized carbons (Fsp3) is 1.00. The van der Waals surface area contributed by atoms with Crippen LogP contribution in [0, 0.1) is 5.92 Å². The van der Waals surface area contributed by atoms with Crippen LogP contribution in [0.25, 0.3) is 0 Å². The van der Waals surface area contributed by atoms with Crippen molar-refractivity contribution in [2.24, 2.45) is 11.7 Å². The van der Waals surface area contributed by atoms with Crippen molar-refractivity contribution in [2.45, 2.75) is 57.5 Å².